The number of aromatic amines is 1. The van der Waals surface area contributed by atoms with Crippen LogP contribution in [0.25, 0.3) is 10.9 Å². The summed E-state index contributed by atoms with van der Waals surface area (Å²) in [5, 5.41) is 4.14. The molecule has 2 amide bonds. The maximum atomic E-state index is 13.5. The molecule has 1 aliphatic carbocycles. The number of benzene rings is 1. The molecular formula is C26H37N3O3. The van der Waals surface area contributed by atoms with Crippen molar-refractivity contribution >= 4 is 22.9 Å². The summed E-state index contributed by atoms with van der Waals surface area (Å²) in [5.74, 6) is 1.17. The van der Waals surface area contributed by atoms with Crippen LogP contribution in [0.15, 0.2) is 24.3 Å². The molecule has 2 aromatic rings. The number of carbonyl (C=O) groups is 2. The Bertz CT molecular complexity index is 982. The molecule has 6 heteroatoms. The van der Waals surface area contributed by atoms with Gasteiger partial charge in [-0.1, -0.05) is 32.0 Å². The second-order valence-electron chi connectivity index (χ2n) is 10.9. The highest BCUT2D eigenvalue weighted by Crippen LogP contribution is 2.41. The molecule has 1 atom stereocenters. The van der Waals surface area contributed by atoms with Crippen molar-refractivity contribution in [2.24, 2.45) is 17.8 Å². The van der Waals surface area contributed by atoms with E-state index in [1.165, 1.54) is 16.6 Å². The van der Waals surface area contributed by atoms with Crippen molar-refractivity contribution in [3.8, 4) is 0 Å². The van der Waals surface area contributed by atoms with Gasteiger partial charge in [-0.15, -0.1) is 0 Å². The Labute approximate surface area is 191 Å². The average Bonchev–Trinajstić information content (AvgIpc) is 3.04. The summed E-state index contributed by atoms with van der Waals surface area (Å²) < 4.78 is 5.31. The molecule has 4 rings (SSSR count). The van der Waals surface area contributed by atoms with Gasteiger partial charge in [-0.05, 0) is 69.9 Å². The average molecular weight is 440 g/mol. The Balaban J connectivity index is 1.40. The number of alkyl carbamates (subject to hydrolysis) is 1. The lowest BCUT2D eigenvalue weighted by molar-refractivity contribution is -0.143. The van der Waals surface area contributed by atoms with Gasteiger partial charge < -0.3 is 19.9 Å². The van der Waals surface area contributed by atoms with Gasteiger partial charge in [-0.25, -0.2) is 4.79 Å². The summed E-state index contributed by atoms with van der Waals surface area (Å²) in [6, 6.07) is 8.57. The van der Waals surface area contributed by atoms with Gasteiger partial charge >= 0.3 is 6.09 Å². The molecule has 0 spiro atoms. The highest BCUT2D eigenvalue weighted by Gasteiger charge is 2.41. The van der Waals surface area contributed by atoms with Crippen LogP contribution in [-0.4, -0.2) is 40.6 Å². The Morgan fingerprint density at radius 3 is 2.62 bits per heavy atom. The Hall–Kier alpha value is -2.50. The second-order valence-corrected chi connectivity index (χ2v) is 10.9. The van der Waals surface area contributed by atoms with E-state index in [2.05, 4.69) is 53.3 Å². The summed E-state index contributed by atoms with van der Waals surface area (Å²) >= 11 is 0. The zero-order valence-corrected chi connectivity index (χ0v) is 20.0. The van der Waals surface area contributed by atoms with Crippen LogP contribution in [-0.2, 0) is 16.0 Å². The van der Waals surface area contributed by atoms with Crippen LogP contribution in [0.5, 0.6) is 0 Å². The standard InChI is InChI=1S/C26H37N3O3/c1-16(2)12-22-23-20(19-8-6-7-9-21(19)28-23)10-11-29(22)24(30)18-13-17(14-18)15-27-25(31)32-26(3,4)5/h6-9,16-18,22,28H,10-15H2,1-5H3,(H,27,31). The van der Waals surface area contributed by atoms with E-state index in [0.717, 1.165) is 37.7 Å². The maximum absolute atomic E-state index is 13.5. The number of nitrogens with zero attached hydrogens (tertiary/aromatic N) is 1. The van der Waals surface area contributed by atoms with E-state index in [0.29, 0.717) is 18.4 Å². The number of amides is 2. The summed E-state index contributed by atoms with van der Waals surface area (Å²) in [4.78, 5) is 31.1. The van der Waals surface area contributed by atoms with Crippen LogP contribution in [0.1, 0.15) is 71.2 Å². The number of H-pyrrole nitrogens is 1. The van der Waals surface area contributed by atoms with Gasteiger partial charge in [-0.2, -0.15) is 0 Å². The molecule has 0 radical (unpaired) electrons. The Kier molecular flexibility index (Phi) is 6.24. The van der Waals surface area contributed by atoms with Crippen LogP contribution in [0.3, 0.4) is 0 Å². The zero-order valence-electron chi connectivity index (χ0n) is 20.0. The van der Waals surface area contributed by atoms with Crippen LogP contribution < -0.4 is 5.32 Å². The van der Waals surface area contributed by atoms with E-state index in [1.54, 1.807) is 0 Å². The van der Waals surface area contributed by atoms with Crippen LogP contribution in [0.2, 0.25) is 0 Å². The molecule has 0 saturated heterocycles. The fourth-order valence-corrected chi connectivity index (χ4v) is 5.15. The van der Waals surface area contributed by atoms with Crippen molar-refractivity contribution in [2.75, 3.05) is 13.1 Å². The highest BCUT2D eigenvalue weighted by molar-refractivity contribution is 5.86. The SMILES string of the molecule is CC(C)CC1c2[nH]c3ccccc3c2CCN1C(=O)C1CC(CNC(=O)OC(C)(C)C)C1. The van der Waals surface area contributed by atoms with Gasteiger partial charge in [0.25, 0.3) is 0 Å². The number of nitrogens with one attached hydrogen (secondary N) is 2. The van der Waals surface area contributed by atoms with Gasteiger partial charge in [0.1, 0.15) is 5.60 Å². The molecule has 32 heavy (non-hydrogen) atoms. The van der Waals surface area contributed by atoms with E-state index in [-0.39, 0.29) is 24.0 Å². The third-order valence-corrected chi connectivity index (χ3v) is 6.66. The molecule has 1 aromatic heterocycles. The number of carbonyl (C=O) groups excluding carboxylic acids is 2. The minimum Gasteiger partial charge on any atom is -0.444 e. The molecule has 2 heterocycles. The monoisotopic (exact) mass is 439 g/mol. The highest BCUT2D eigenvalue weighted by atomic mass is 16.6. The topological polar surface area (TPSA) is 74.4 Å². The van der Waals surface area contributed by atoms with Crippen molar-refractivity contribution in [1.82, 2.24) is 15.2 Å². The molecule has 1 aromatic carbocycles. The molecule has 1 fully saturated rings. The summed E-state index contributed by atoms with van der Waals surface area (Å²) in [6.07, 6.45) is 3.14. The number of fused-ring (bicyclic) bond motifs is 3. The number of ether oxygens (including phenoxy) is 1. The van der Waals surface area contributed by atoms with Crippen LogP contribution in [0.4, 0.5) is 4.79 Å². The van der Waals surface area contributed by atoms with Crippen molar-refractivity contribution in [3.05, 3.63) is 35.5 Å². The molecule has 1 unspecified atom stereocenters. The van der Waals surface area contributed by atoms with Crippen LogP contribution in [0, 0.1) is 17.8 Å². The largest absolute Gasteiger partial charge is 0.444 e. The first-order chi connectivity index (χ1) is 15.1. The summed E-state index contributed by atoms with van der Waals surface area (Å²) in [6.45, 7) is 11.4. The quantitative estimate of drug-likeness (QED) is 0.673. The predicted octanol–water partition coefficient (Wildman–Crippen LogP) is 5.19. The molecule has 1 aliphatic heterocycles. The fourth-order valence-electron chi connectivity index (χ4n) is 5.15. The van der Waals surface area contributed by atoms with Crippen molar-refractivity contribution in [2.45, 2.75) is 71.9 Å². The van der Waals surface area contributed by atoms with Gasteiger partial charge in [0.05, 0.1) is 6.04 Å². The summed E-state index contributed by atoms with van der Waals surface area (Å²) in [5.41, 5.74) is 3.27. The van der Waals surface area contributed by atoms with E-state index in [4.69, 9.17) is 4.74 Å². The molecule has 1 saturated carbocycles. The summed E-state index contributed by atoms with van der Waals surface area (Å²) in [7, 11) is 0. The van der Waals surface area contributed by atoms with Crippen molar-refractivity contribution < 1.29 is 14.3 Å². The third-order valence-electron chi connectivity index (χ3n) is 6.66. The number of aromatic nitrogens is 1. The van der Waals surface area contributed by atoms with Crippen LogP contribution >= 0.6 is 0 Å². The third kappa shape index (κ3) is 4.79. The molecule has 174 valence electrons. The molecule has 2 aliphatic rings. The van der Waals surface area contributed by atoms with E-state index in [9.17, 15) is 9.59 Å². The smallest absolute Gasteiger partial charge is 0.407 e. The molecule has 6 nitrogen and oxygen atoms in total. The lowest BCUT2D eigenvalue weighted by Gasteiger charge is -2.43. The minimum atomic E-state index is -0.497. The first-order valence-electron chi connectivity index (χ1n) is 12.0. The Morgan fingerprint density at radius 2 is 1.94 bits per heavy atom. The number of hydrogen-bond acceptors (Lipinski definition) is 3. The predicted molar refractivity (Wildman–Crippen MR) is 126 cm³/mol. The number of para-hydroxylation sites is 1. The molecule has 0 bridgehead atoms. The van der Waals surface area contributed by atoms with Crippen molar-refractivity contribution in [3.63, 3.8) is 0 Å². The second kappa shape index (κ2) is 8.80. The van der Waals surface area contributed by atoms with Gasteiger partial charge in [0.15, 0.2) is 0 Å². The number of rotatable bonds is 5. The fraction of sp³-hybridized carbons (Fsp3) is 0.615. The van der Waals surface area contributed by atoms with Gasteiger partial charge in [0, 0.05) is 35.6 Å². The lowest BCUT2D eigenvalue weighted by atomic mass is 9.73. The minimum absolute atomic E-state index is 0.0565. The first-order valence-corrected chi connectivity index (χ1v) is 12.0. The maximum Gasteiger partial charge on any atom is 0.407 e. The molecular weight excluding hydrogens is 402 g/mol. The lowest BCUT2D eigenvalue weighted by Crippen LogP contribution is -2.48. The Morgan fingerprint density at radius 1 is 1.22 bits per heavy atom. The number of hydrogen-bond donors (Lipinski definition) is 2. The van der Waals surface area contributed by atoms with Crippen molar-refractivity contribution in [1.29, 1.82) is 0 Å². The zero-order chi connectivity index (χ0) is 23.0. The van der Waals surface area contributed by atoms with Gasteiger partial charge in [0.2, 0.25) is 5.91 Å². The first kappa shape index (κ1) is 22.7. The molecule has 2 N–H and O–H groups in total. The van der Waals surface area contributed by atoms with E-state index < -0.39 is 5.60 Å². The normalized spacial score (nSPS) is 23.1. The van der Waals surface area contributed by atoms with Gasteiger partial charge in [-0.3, -0.25) is 4.79 Å². The van der Waals surface area contributed by atoms with E-state index >= 15 is 0 Å². The van der Waals surface area contributed by atoms with E-state index in [1.807, 2.05) is 20.8 Å².